The zero-order valence-corrected chi connectivity index (χ0v) is 19.3. The average Bonchev–Trinajstić information content (AvgIpc) is 2.78. The summed E-state index contributed by atoms with van der Waals surface area (Å²) in [4.78, 5) is 24.5. The molecular formula is C19H22F5N7O3S. The second kappa shape index (κ2) is 9.69. The number of pyridine rings is 2. The maximum Gasteiger partial charge on any atom is 0.402 e. The van der Waals surface area contributed by atoms with Gasteiger partial charge in [-0.3, -0.25) is 13.3 Å². The highest BCUT2D eigenvalue weighted by molar-refractivity contribution is 7.99. The summed E-state index contributed by atoms with van der Waals surface area (Å²) in [5, 5.41) is 2.40. The second-order valence-corrected chi connectivity index (χ2v) is 10.3. The molecule has 0 aliphatic carbocycles. The maximum absolute atomic E-state index is 14.8. The largest absolute Gasteiger partial charge is 0.461 e. The quantitative estimate of drug-likeness (QED) is 0.322. The third-order valence-electron chi connectivity index (χ3n) is 5.01. The van der Waals surface area contributed by atoms with Crippen LogP contribution in [0.5, 0.6) is 5.75 Å². The molecular weight excluding hydrogens is 501 g/mol. The molecule has 0 aromatic carbocycles. The van der Waals surface area contributed by atoms with Crippen molar-refractivity contribution in [1.29, 1.82) is 0 Å². The standard InChI is InChI=1S/C19H22F5N7O3S/c1-18(9-35(33,27-8-19(22,23)24)31(2)17(25)30-18)15-12(21)4-6-14(28-15)29-16(32)13-5-3-11(7-26-13)34-10-20/h3-7,35H,8-10H2,1-2H3,(H2,25,30)(H,27,33)(H,28,29,32)/t18-/m0/s1. The van der Waals surface area contributed by atoms with E-state index in [1.807, 2.05) is 4.72 Å². The lowest BCUT2D eigenvalue weighted by Gasteiger charge is -2.44. The van der Waals surface area contributed by atoms with Crippen molar-refractivity contribution in [2.45, 2.75) is 18.6 Å². The molecule has 10 nitrogen and oxygen atoms in total. The van der Waals surface area contributed by atoms with E-state index in [0.29, 0.717) is 0 Å². The number of guanidine groups is 1. The average molecular weight is 523 g/mol. The van der Waals surface area contributed by atoms with Crippen molar-refractivity contribution in [1.82, 2.24) is 19.0 Å². The fourth-order valence-electron chi connectivity index (χ4n) is 3.29. The molecule has 1 atom stereocenters. The first-order chi connectivity index (χ1) is 16.3. The van der Waals surface area contributed by atoms with Crippen molar-refractivity contribution in [3.8, 4) is 5.75 Å². The molecule has 0 saturated carbocycles. The Morgan fingerprint density at radius 3 is 2.63 bits per heavy atom. The third kappa shape index (κ3) is 6.00. The van der Waals surface area contributed by atoms with Crippen molar-refractivity contribution < 1.29 is 35.7 Å². The predicted octanol–water partition coefficient (Wildman–Crippen LogP) is 1.65. The number of carbonyl (C=O) groups is 1. The lowest BCUT2D eigenvalue weighted by atomic mass is 10.00. The van der Waals surface area contributed by atoms with Crippen LogP contribution in [0.15, 0.2) is 35.5 Å². The van der Waals surface area contributed by atoms with Gasteiger partial charge in [0, 0.05) is 17.4 Å². The van der Waals surface area contributed by atoms with E-state index >= 15 is 0 Å². The number of ether oxygens (including phenoxy) is 1. The summed E-state index contributed by atoms with van der Waals surface area (Å²) < 4.78 is 86.1. The fourth-order valence-corrected chi connectivity index (χ4v) is 5.68. The van der Waals surface area contributed by atoms with Gasteiger partial charge in [-0.2, -0.15) is 13.2 Å². The molecule has 2 aromatic rings. The molecule has 1 aliphatic heterocycles. The van der Waals surface area contributed by atoms with Crippen LogP contribution in [-0.4, -0.2) is 62.7 Å². The van der Waals surface area contributed by atoms with Gasteiger partial charge in [0.2, 0.25) is 12.8 Å². The Morgan fingerprint density at radius 2 is 2.03 bits per heavy atom. The predicted molar refractivity (Wildman–Crippen MR) is 118 cm³/mol. The first kappa shape index (κ1) is 26.2. The maximum atomic E-state index is 14.8. The van der Waals surface area contributed by atoms with Gasteiger partial charge in [0.25, 0.3) is 5.91 Å². The van der Waals surface area contributed by atoms with Crippen molar-refractivity contribution in [2.75, 3.05) is 31.5 Å². The number of hydrogen-bond donors (Lipinski definition) is 4. The number of rotatable bonds is 7. The van der Waals surface area contributed by atoms with Crippen LogP contribution in [0.2, 0.25) is 0 Å². The summed E-state index contributed by atoms with van der Waals surface area (Å²) in [6.45, 7) is -1.32. The van der Waals surface area contributed by atoms with E-state index in [0.717, 1.165) is 22.6 Å². The second-order valence-electron chi connectivity index (χ2n) is 7.69. The van der Waals surface area contributed by atoms with E-state index in [1.54, 1.807) is 0 Å². The highest BCUT2D eigenvalue weighted by Gasteiger charge is 2.44. The summed E-state index contributed by atoms with van der Waals surface area (Å²) in [6, 6.07) is 4.68. The molecule has 0 spiro atoms. The van der Waals surface area contributed by atoms with Crippen LogP contribution in [0.3, 0.4) is 0 Å². The number of aromatic nitrogens is 2. The molecule has 2 aromatic heterocycles. The Labute approximate surface area is 197 Å². The molecule has 1 aliphatic rings. The number of nitrogens with one attached hydrogen (secondary N) is 2. The van der Waals surface area contributed by atoms with Crippen LogP contribution in [0.4, 0.5) is 27.8 Å². The molecule has 192 valence electrons. The number of nitrogens with two attached hydrogens (primary N) is 1. The van der Waals surface area contributed by atoms with Gasteiger partial charge in [-0.25, -0.2) is 28.5 Å². The Kier molecular flexibility index (Phi) is 7.26. The summed E-state index contributed by atoms with van der Waals surface area (Å²) in [5.41, 5.74) is 3.61. The number of halogens is 5. The van der Waals surface area contributed by atoms with Crippen LogP contribution >= 0.6 is 0 Å². The number of hydrogen-bond acceptors (Lipinski definition) is 7. The molecule has 0 radical (unpaired) electrons. The van der Waals surface area contributed by atoms with Crippen LogP contribution in [0.25, 0.3) is 0 Å². The normalized spacial score (nSPS) is 20.7. The zero-order valence-electron chi connectivity index (χ0n) is 18.4. The number of anilines is 1. The third-order valence-corrected chi connectivity index (χ3v) is 7.88. The van der Waals surface area contributed by atoms with Crippen LogP contribution in [0, 0.1) is 5.82 Å². The Hall–Kier alpha value is -3.40. The van der Waals surface area contributed by atoms with E-state index in [4.69, 9.17) is 5.73 Å². The number of alkyl halides is 4. The summed E-state index contributed by atoms with van der Waals surface area (Å²) in [5.74, 6) is -2.63. The minimum Gasteiger partial charge on any atom is -0.461 e. The molecule has 4 N–H and O–H groups in total. The first-order valence-corrected chi connectivity index (χ1v) is 11.7. The van der Waals surface area contributed by atoms with Crippen molar-refractivity contribution >= 4 is 28.0 Å². The number of amides is 1. The molecule has 1 amide bonds. The minimum atomic E-state index is -4.66. The molecule has 3 rings (SSSR count). The van der Waals surface area contributed by atoms with Gasteiger partial charge in [-0.05, 0) is 31.2 Å². The Balaban J connectivity index is 1.89. The fraction of sp³-hybridized carbons (Fsp3) is 0.368. The van der Waals surface area contributed by atoms with Crippen LogP contribution < -0.4 is 20.5 Å². The van der Waals surface area contributed by atoms with Gasteiger partial charge in [-0.1, -0.05) is 0 Å². The molecule has 16 heteroatoms. The lowest BCUT2D eigenvalue weighted by Crippen LogP contribution is -2.60. The minimum absolute atomic E-state index is 0.0856. The topological polar surface area (TPSA) is 135 Å². The summed E-state index contributed by atoms with van der Waals surface area (Å²) >= 11 is 0. The van der Waals surface area contributed by atoms with Gasteiger partial charge < -0.3 is 15.8 Å². The van der Waals surface area contributed by atoms with Crippen molar-refractivity contribution in [3.05, 3.63) is 47.7 Å². The lowest BCUT2D eigenvalue weighted by molar-refractivity contribution is -0.121. The van der Waals surface area contributed by atoms with E-state index in [1.165, 1.54) is 26.1 Å². The monoisotopic (exact) mass is 523 g/mol. The molecule has 0 saturated heterocycles. The smallest absolute Gasteiger partial charge is 0.402 e. The molecule has 35 heavy (non-hydrogen) atoms. The van der Waals surface area contributed by atoms with Crippen molar-refractivity contribution in [2.24, 2.45) is 10.7 Å². The summed E-state index contributed by atoms with van der Waals surface area (Å²) in [7, 11) is -2.79. The number of thiol groups is 1. The Morgan fingerprint density at radius 1 is 1.31 bits per heavy atom. The first-order valence-electron chi connectivity index (χ1n) is 9.90. The van der Waals surface area contributed by atoms with Gasteiger partial charge in [0.05, 0.1) is 11.9 Å². The number of carbonyl (C=O) groups excluding carboxylic acids is 1. The molecule has 0 unspecified atom stereocenters. The van der Waals surface area contributed by atoms with Crippen molar-refractivity contribution in [3.63, 3.8) is 0 Å². The van der Waals surface area contributed by atoms with E-state index < -0.39 is 52.9 Å². The molecule has 3 heterocycles. The van der Waals surface area contributed by atoms with E-state index in [2.05, 4.69) is 25.0 Å². The Bertz CT molecular complexity index is 1180. The van der Waals surface area contributed by atoms with Crippen LogP contribution in [-0.2, 0) is 15.8 Å². The van der Waals surface area contributed by atoms with Gasteiger partial charge in [0.1, 0.15) is 40.9 Å². The number of nitrogens with zero attached hydrogens (tertiary/aromatic N) is 4. The summed E-state index contributed by atoms with van der Waals surface area (Å²) in [6.07, 6.45) is -3.53. The van der Waals surface area contributed by atoms with Gasteiger partial charge >= 0.3 is 6.18 Å². The van der Waals surface area contributed by atoms with Crippen LogP contribution in [0.1, 0.15) is 23.1 Å². The van der Waals surface area contributed by atoms with E-state index in [9.17, 15) is 31.0 Å². The van der Waals surface area contributed by atoms with E-state index in [-0.39, 0.29) is 28.9 Å². The highest BCUT2D eigenvalue weighted by atomic mass is 32.3. The van der Waals surface area contributed by atoms with Gasteiger partial charge in [-0.15, -0.1) is 0 Å². The molecule has 0 bridgehead atoms. The zero-order chi connectivity index (χ0) is 26.0. The molecule has 0 fully saturated rings. The van der Waals surface area contributed by atoms with Gasteiger partial charge in [0.15, 0.2) is 0 Å². The highest BCUT2D eigenvalue weighted by Crippen LogP contribution is 2.35. The number of aliphatic imine (C=N–C) groups is 1. The SMILES string of the molecule is CN1C(N)=N[C@](C)(c2nc(NC(=O)c3ccc(OCF)cn3)ccc2F)C[SH]1(=O)NCC(F)(F)F.